The summed E-state index contributed by atoms with van der Waals surface area (Å²) >= 11 is 0. The average Bonchev–Trinajstić information content (AvgIpc) is 2.12. The van der Waals surface area contributed by atoms with Gasteiger partial charge in [-0.05, 0) is 24.3 Å². The van der Waals surface area contributed by atoms with E-state index in [4.69, 9.17) is 0 Å². The number of carbonyl (C=O) groups is 4. The molecule has 18 heavy (non-hydrogen) atoms. The van der Waals surface area contributed by atoms with Crippen molar-refractivity contribution in [2.24, 2.45) is 0 Å². The Morgan fingerprint density at radius 2 is 0.611 bits per heavy atom. The van der Waals surface area contributed by atoms with E-state index >= 15 is 0 Å². The van der Waals surface area contributed by atoms with Crippen molar-refractivity contribution in [2.45, 2.75) is 0 Å². The van der Waals surface area contributed by atoms with Gasteiger partial charge in [0.1, 0.15) is 0 Å². The van der Waals surface area contributed by atoms with Gasteiger partial charge in [-0.3, -0.25) is 0 Å². The molecule has 10 heteroatoms. The van der Waals surface area contributed by atoms with Crippen LogP contribution in [0.15, 0.2) is 24.3 Å². The van der Waals surface area contributed by atoms with Crippen LogP contribution in [-0.4, -0.2) is 23.9 Å². The summed E-state index contributed by atoms with van der Waals surface area (Å²) in [4.78, 5) is 37.7. The standard InChI is InChI=1S/2C4H4O4.2Zn/c2*5-3(6)1-2-4(7)8;;/h2*1-2H,(H,5,6)(H,7,8);;/q;;2*+2/p-4/b2*2-1+;;. The third-order valence-electron chi connectivity index (χ3n) is 0.711. The van der Waals surface area contributed by atoms with Crippen molar-refractivity contribution in [3.8, 4) is 0 Å². The van der Waals surface area contributed by atoms with Crippen molar-refractivity contribution in [1.82, 2.24) is 0 Å². The minimum absolute atomic E-state index is 0. The summed E-state index contributed by atoms with van der Waals surface area (Å²) in [5, 5.41) is 37.7. The molecule has 8 nitrogen and oxygen atoms in total. The first kappa shape index (κ1) is 25.5. The fourth-order valence-corrected chi connectivity index (χ4v) is 0.272. The molecule has 0 atom stereocenters. The predicted molar refractivity (Wildman–Crippen MR) is 38.3 cm³/mol. The van der Waals surface area contributed by atoms with Gasteiger partial charge in [0.25, 0.3) is 0 Å². The van der Waals surface area contributed by atoms with Crippen molar-refractivity contribution >= 4 is 23.9 Å². The van der Waals surface area contributed by atoms with Crippen LogP contribution < -0.4 is 20.4 Å². The van der Waals surface area contributed by atoms with Crippen molar-refractivity contribution in [3.63, 3.8) is 0 Å². The zero-order chi connectivity index (χ0) is 13.1. The van der Waals surface area contributed by atoms with Crippen LogP contribution in [0.25, 0.3) is 0 Å². The molecule has 0 heterocycles. The topological polar surface area (TPSA) is 161 Å². The minimum atomic E-state index is -1.55. The van der Waals surface area contributed by atoms with E-state index in [0.717, 1.165) is 0 Å². The molecule has 0 unspecified atom stereocenters. The summed E-state index contributed by atoms with van der Waals surface area (Å²) in [6, 6.07) is 0. The van der Waals surface area contributed by atoms with Gasteiger partial charge in [0.05, 0.1) is 23.9 Å². The Kier molecular flexibility index (Phi) is 22.1. The summed E-state index contributed by atoms with van der Waals surface area (Å²) in [5.41, 5.74) is 0. The quantitative estimate of drug-likeness (QED) is 0.354. The van der Waals surface area contributed by atoms with Gasteiger partial charge in [-0.15, -0.1) is 0 Å². The molecule has 0 aliphatic heterocycles. The van der Waals surface area contributed by atoms with Crippen LogP contribution >= 0.6 is 0 Å². The molecule has 0 radical (unpaired) electrons. The summed E-state index contributed by atoms with van der Waals surface area (Å²) in [6.07, 6.45) is 1.54. The maximum Gasteiger partial charge on any atom is 2.00 e. The van der Waals surface area contributed by atoms with Crippen molar-refractivity contribution in [3.05, 3.63) is 24.3 Å². The van der Waals surface area contributed by atoms with E-state index in [1.54, 1.807) is 0 Å². The maximum absolute atomic E-state index is 9.41. The van der Waals surface area contributed by atoms with Gasteiger partial charge in [0, 0.05) is 0 Å². The molecular formula is C8H4O8Zn2. The fraction of sp³-hybridized carbons (Fsp3) is 0. The Morgan fingerprint density at radius 3 is 0.667 bits per heavy atom. The van der Waals surface area contributed by atoms with Crippen LogP contribution in [0.5, 0.6) is 0 Å². The second kappa shape index (κ2) is 15.6. The predicted octanol–water partition coefficient (Wildman–Crippen LogP) is -5.92. The van der Waals surface area contributed by atoms with Gasteiger partial charge in [-0.25, -0.2) is 0 Å². The van der Waals surface area contributed by atoms with Gasteiger partial charge < -0.3 is 39.6 Å². The molecule has 0 saturated carbocycles. The number of hydrogen-bond donors (Lipinski definition) is 0. The molecule has 0 aromatic carbocycles. The van der Waals surface area contributed by atoms with E-state index in [1.807, 2.05) is 0 Å². The van der Waals surface area contributed by atoms with E-state index < -0.39 is 23.9 Å². The molecule has 0 spiro atoms. The Labute approximate surface area is 127 Å². The van der Waals surface area contributed by atoms with Crippen molar-refractivity contribution < 1.29 is 78.6 Å². The van der Waals surface area contributed by atoms with Crippen molar-refractivity contribution in [1.29, 1.82) is 0 Å². The molecule has 0 rings (SSSR count). The largest absolute Gasteiger partial charge is 2.00 e. The number of carboxylic acids is 4. The summed E-state index contributed by atoms with van der Waals surface area (Å²) in [5.74, 6) is -6.19. The van der Waals surface area contributed by atoms with Crippen LogP contribution in [0.4, 0.5) is 0 Å². The van der Waals surface area contributed by atoms with Gasteiger partial charge in [0.2, 0.25) is 0 Å². The first-order valence-electron chi connectivity index (χ1n) is 3.45. The third-order valence-corrected chi connectivity index (χ3v) is 0.711. The van der Waals surface area contributed by atoms with Gasteiger partial charge >= 0.3 is 39.0 Å². The number of aliphatic carboxylic acids is 4. The molecule has 0 fully saturated rings. The summed E-state index contributed by atoms with van der Waals surface area (Å²) < 4.78 is 0. The van der Waals surface area contributed by atoms with E-state index in [-0.39, 0.29) is 39.0 Å². The van der Waals surface area contributed by atoms with E-state index in [2.05, 4.69) is 0 Å². The van der Waals surface area contributed by atoms with Gasteiger partial charge in [-0.2, -0.15) is 0 Å². The smallest absolute Gasteiger partial charge is 0.545 e. The van der Waals surface area contributed by atoms with Crippen LogP contribution in [0, 0.1) is 0 Å². The number of rotatable bonds is 4. The molecule has 0 saturated heterocycles. The minimum Gasteiger partial charge on any atom is -0.545 e. The molecule has 0 aliphatic rings. The second-order valence-electron chi connectivity index (χ2n) is 1.94. The first-order valence-corrected chi connectivity index (χ1v) is 3.45. The molecule has 0 N–H and O–H groups in total. The zero-order valence-electron chi connectivity index (χ0n) is 8.99. The van der Waals surface area contributed by atoms with E-state index in [9.17, 15) is 39.6 Å². The normalized spacial score (nSPS) is 8.44. The van der Waals surface area contributed by atoms with Crippen LogP contribution in [0.1, 0.15) is 0 Å². The average molecular weight is 359 g/mol. The maximum atomic E-state index is 9.41. The molecule has 0 amide bonds. The Bertz CT molecular complexity index is 281. The Balaban J connectivity index is -0.0000000980. The number of carbonyl (C=O) groups excluding carboxylic acids is 4. The molecule has 0 aliphatic carbocycles. The van der Waals surface area contributed by atoms with Crippen molar-refractivity contribution in [2.75, 3.05) is 0 Å². The molecule has 0 aromatic heterocycles. The van der Waals surface area contributed by atoms with E-state index in [1.165, 1.54) is 0 Å². The SMILES string of the molecule is O=C([O-])/C=C/C(=O)[O-].O=C([O-])/C=C/C(=O)[O-].[Zn+2].[Zn+2]. The Morgan fingerprint density at radius 1 is 0.500 bits per heavy atom. The fourth-order valence-electron chi connectivity index (χ4n) is 0.272. The first-order chi connectivity index (χ1) is 7.25. The van der Waals surface area contributed by atoms with Crippen LogP contribution in [0.2, 0.25) is 0 Å². The molecule has 0 bridgehead atoms. The number of carboxylic acid groups (broad SMARTS) is 4. The van der Waals surface area contributed by atoms with Gasteiger partial charge in [-0.1, -0.05) is 0 Å². The Hall–Kier alpha value is -1.39. The monoisotopic (exact) mass is 356 g/mol. The third kappa shape index (κ3) is 36.5. The number of hydrogen-bond acceptors (Lipinski definition) is 8. The molecule has 88 valence electrons. The van der Waals surface area contributed by atoms with Crippen LogP contribution in [0.3, 0.4) is 0 Å². The molecular weight excluding hydrogens is 355 g/mol. The summed E-state index contributed by atoms with van der Waals surface area (Å²) in [7, 11) is 0. The second-order valence-corrected chi connectivity index (χ2v) is 1.94. The molecule has 0 aromatic rings. The van der Waals surface area contributed by atoms with E-state index in [0.29, 0.717) is 24.3 Å². The van der Waals surface area contributed by atoms with Gasteiger partial charge in [0.15, 0.2) is 0 Å². The summed E-state index contributed by atoms with van der Waals surface area (Å²) in [6.45, 7) is 0. The zero-order valence-corrected chi connectivity index (χ0v) is 14.9. The van der Waals surface area contributed by atoms with Crippen LogP contribution in [-0.2, 0) is 58.1 Å².